The summed E-state index contributed by atoms with van der Waals surface area (Å²) in [6.45, 7) is 4.16. The zero-order valence-corrected chi connectivity index (χ0v) is 10.9. The van der Waals surface area contributed by atoms with Crippen LogP contribution in [-0.4, -0.2) is 29.8 Å². The van der Waals surface area contributed by atoms with Gasteiger partial charge in [-0.15, -0.1) is 0 Å². The normalized spacial score (nSPS) is 22.6. The number of nitrogens with one attached hydrogen (secondary N) is 1. The lowest BCUT2D eigenvalue weighted by Crippen LogP contribution is -2.29. The Morgan fingerprint density at radius 1 is 1.59 bits per heavy atom. The molecule has 0 radical (unpaired) electrons. The average Bonchev–Trinajstić information content (AvgIpc) is 2.86. The Bertz CT molecular complexity index is 331. The third-order valence-corrected chi connectivity index (χ3v) is 3.58. The van der Waals surface area contributed by atoms with E-state index in [9.17, 15) is 0 Å². The molecule has 1 saturated heterocycles. The zero-order valence-electron chi connectivity index (χ0n) is 10.9. The van der Waals surface area contributed by atoms with Gasteiger partial charge in [0, 0.05) is 32.0 Å². The third-order valence-electron chi connectivity index (χ3n) is 3.58. The highest BCUT2D eigenvalue weighted by atomic mass is 16.5. The number of rotatable bonds is 5. The molecule has 0 bridgehead atoms. The molecule has 1 aromatic heterocycles. The van der Waals surface area contributed by atoms with Gasteiger partial charge in [0.2, 0.25) is 0 Å². The van der Waals surface area contributed by atoms with E-state index < -0.39 is 0 Å². The van der Waals surface area contributed by atoms with Crippen LogP contribution in [0.1, 0.15) is 50.4 Å². The molecule has 96 valence electrons. The van der Waals surface area contributed by atoms with E-state index in [1.54, 1.807) is 7.11 Å². The van der Waals surface area contributed by atoms with Gasteiger partial charge in [-0.2, -0.15) is 0 Å². The van der Waals surface area contributed by atoms with Gasteiger partial charge in [0.1, 0.15) is 0 Å². The third kappa shape index (κ3) is 3.07. The maximum Gasteiger partial charge on any atom is 0.0951 e. The summed E-state index contributed by atoms with van der Waals surface area (Å²) in [4.78, 5) is 4.31. The van der Waals surface area contributed by atoms with Gasteiger partial charge in [-0.05, 0) is 32.7 Å². The number of ether oxygens (including phenoxy) is 1. The van der Waals surface area contributed by atoms with Gasteiger partial charge in [-0.25, -0.2) is 4.98 Å². The SMILES string of the molecule is COCCC(C)n1cncc1C1CCCCN1. The molecule has 2 heterocycles. The van der Waals surface area contributed by atoms with Crippen molar-refractivity contribution in [2.24, 2.45) is 0 Å². The molecule has 0 spiro atoms. The van der Waals surface area contributed by atoms with Crippen LogP contribution in [0.4, 0.5) is 0 Å². The lowest BCUT2D eigenvalue weighted by atomic mass is 10.0. The first-order valence-electron chi connectivity index (χ1n) is 6.57. The lowest BCUT2D eigenvalue weighted by Gasteiger charge is -2.26. The second-order valence-corrected chi connectivity index (χ2v) is 4.86. The van der Waals surface area contributed by atoms with Crippen molar-refractivity contribution in [3.05, 3.63) is 18.2 Å². The van der Waals surface area contributed by atoms with Gasteiger partial charge in [0.15, 0.2) is 0 Å². The van der Waals surface area contributed by atoms with Crippen LogP contribution in [0.5, 0.6) is 0 Å². The molecular weight excluding hydrogens is 214 g/mol. The Labute approximate surface area is 103 Å². The number of nitrogens with zero attached hydrogens (tertiary/aromatic N) is 2. The van der Waals surface area contributed by atoms with Crippen LogP contribution < -0.4 is 5.32 Å². The fourth-order valence-electron chi connectivity index (χ4n) is 2.48. The van der Waals surface area contributed by atoms with Crippen LogP contribution in [0.2, 0.25) is 0 Å². The zero-order chi connectivity index (χ0) is 12.1. The Kier molecular flexibility index (Phi) is 4.57. The average molecular weight is 237 g/mol. The molecule has 0 saturated carbocycles. The highest BCUT2D eigenvalue weighted by molar-refractivity contribution is 5.07. The smallest absolute Gasteiger partial charge is 0.0951 e. The van der Waals surface area contributed by atoms with Gasteiger partial charge in [0.25, 0.3) is 0 Å². The first-order valence-corrected chi connectivity index (χ1v) is 6.57. The van der Waals surface area contributed by atoms with Crippen molar-refractivity contribution in [3.8, 4) is 0 Å². The van der Waals surface area contributed by atoms with Crippen molar-refractivity contribution < 1.29 is 4.74 Å². The summed E-state index contributed by atoms with van der Waals surface area (Å²) >= 11 is 0. The monoisotopic (exact) mass is 237 g/mol. The first kappa shape index (κ1) is 12.6. The number of aromatic nitrogens is 2. The topological polar surface area (TPSA) is 39.1 Å². The van der Waals surface area contributed by atoms with E-state index in [1.807, 2.05) is 12.5 Å². The summed E-state index contributed by atoms with van der Waals surface area (Å²) in [7, 11) is 1.75. The van der Waals surface area contributed by atoms with Crippen LogP contribution in [0.25, 0.3) is 0 Å². The van der Waals surface area contributed by atoms with E-state index in [0.29, 0.717) is 12.1 Å². The van der Waals surface area contributed by atoms with Crippen LogP contribution in [0.3, 0.4) is 0 Å². The number of hydrogen-bond donors (Lipinski definition) is 1. The molecule has 2 rings (SSSR count). The van der Waals surface area contributed by atoms with E-state index >= 15 is 0 Å². The molecule has 1 fully saturated rings. The highest BCUT2D eigenvalue weighted by Gasteiger charge is 2.20. The van der Waals surface area contributed by atoms with Gasteiger partial charge >= 0.3 is 0 Å². The largest absolute Gasteiger partial charge is 0.385 e. The van der Waals surface area contributed by atoms with Crippen LogP contribution >= 0.6 is 0 Å². The van der Waals surface area contributed by atoms with E-state index in [1.165, 1.54) is 25.0 Å². The van der Waals surface area contributed by atoms with Crippen LogP contribution in [0.15, 0.2) is 12.5 Å². The summed E-state index contributed by atoms with van der Waals surface area (Å²) in [6.07, 6.45) is 8.83. The lowest BCUT2D eigenvalue weighted by molar-refractivity contribution is 0.180. The van der Waals surface area contributed by atoms with Crippen LogP contribution in [-0.2, 0) is 4.74 Å². The minimum atomic E-state index is 0.455. The van der Waals surface area contributed by atoms with Crippen molar-refractivity contribution in [3.63, 3.8) is 0 Å². The molecule has 0 aliphatic carbocycles. The number of piperidine rings is 1. The fraction of sp³-hybridized carbons (Fsp3) is 0.769. The van der Waals surface area contributed by atoms with Crippen LogP contribution in [0, 0.1) is 0 Å². The summed E-state index contributed by atoms with van der Waals surface area (Å²) < 4.78 is 7.44. The van der Waals surface area contributed by atoms with Crippen molar-refractivity contribution in [1.82, 2.24) is 14.9 Å². The second kappa shape index (κ2) is 6.17. The summed E-state index contributed by atoms with van der Waals surface area (Å²) in [5, 5.41) is 3.58. The van der Waals surface area contributed by atoms with E-state index in [0.717, 1.165) is 19.6 Å². The van der Waals surface area contributed by atoms with Gasteiger partial charge in [0.05, 0.1) is 12.0 Å². The molecule has 2 unspecified atom stereocenters. The van der Waals surface area contributed by atoms with Gasteiger partial charge in [-0.1, -0.05) is 6.42 Å². The molecule has 1 N–H and O–H groups in total. The quantitative estimate of drug-likeness (QED) is 0.854. The van der Waals surface area contributed by atoms with Crippen molar-refractivity contribution in [1.29, 1.82) is 0 Å². The predicted molar refractivity (Wildman–Crippen MR) is 68.0 cm³/mol. The summed E-state index contributed by atoms with van der Waals surface area (Å²) in [5.41, 5.74) is 1.33. The molecule has 2 atom stereocenters. The Morgan fingerprint density at radius 2 is 2.47 bits per heavy atom. The van der Waals surface area contributed by atoms with Crippen molar-refractivity contribution in [2.45, 2.75) is 44.7 Å². The predicted octanol–water partition coefficient (Wildman–Crippen LogP) is 2.30. The standard InChI is InChI=1S/C13H23N3O/c1-11(6-8-17-2)16-10-14-9-13(16)12-5-3-4-7-15-12/h9-12,15H,3-8H2,1-2H3. The molecule has 4 nitrogen and oxygen atoms in total. The molecule has 0 aromatic carbocycles. The summed E-state index contributed by atoms with van der Waals surface area (Å²) in [5.74, 6) is 0. The minimum Gasteiger partial charge on any atom is -0.385 e. The molecule has 1 aliphatic rings. The molecule has 1 aromatic rings. The maximum atomic E-state index is 5.15. The molecular formula is C13H23N3O. The van der Waals surface area contributed by atoms with Gasteiger partial charge < -0.3 is 14.6 Å². The molecule has 0 amide bonds. The Balaban J connectivity index is 2.04. The van der Waals surface area contributed by atoms with E-state index in [4.69, 9.17) is 4.74 Å². The number of methoxy groups -OCH3 is 1. The Hall–Kier alpha value is -0.870. The number of hydrogen-bond acceptors (Lipinski definition) is 3. The molecule has 4 heteroatoms. The van der Waals surface area contributed by atoms with E-state index in [-0.39, 0.29) is 0 Å². The Morgan fingerprint density at radius 3 is 3.18 bits per heavy atom. The minimum absolute atomic E-state index is 0.455. The van der Waals surface area contributed by atoms with E-state index in [2.05, 4.69) is 21.8 Å². The van der Waals surface area contributed by atoms with Gasteiger partial charge in [-0.3, -0.25) is 0 Å². The summed E-state index contributed by atoms with van der Waals surface area (Å²) in [6, 6.07) is 0.937. The maximum absolute atomic E-state index is 5.15. The van der Waals surface area contributed by atoms with Crippen molar-refractivity contribution >= 4 is 0 Å². The number of imidazole rings is 1. The van der Waals surface area contributed by atoms with Crippen molar-refractivity contribution in [2.75, 3.05) is 20.3 Å². The second-order valence-electron chi connectivity index (χ2n) is 4.86. The molecule has 17 heavy (non-hydrogen) atoms. The molecule has 1 aliphatic heterocycles. The fourth-order valence-corrected chi connectivity index (χ4v) is 2.48. The first-order chi connectivity index (χ1) is 8.33. The highest BCUT2D eigenvalue weighted by Crippen LogP contribution is 2.25.